The standard InChI is InChI=1S/2C20H21NO3/c1-12-8-14-10-17-18-16(11-22-17)20(23-6-7-24-20)5-4-19(18,21-3)15(14)9-13(12)2;1-14-9-16-11-19(13-21,18(16)10-15(14)2)4-5-20(23-7-8-24-20)17-3-6-22-12-17/h8-9,11,17-18H,4-7,10H2,1-2H3;3,6,9-10,12H,4-5,7-8,11H2,1-2H3. The van der Waals surface area contributed by atoms with E-state index < -0.39 is 22.5 Å². The monoisotopic (exact) mass is 646 g/mol. The summed E-state index contributed by atoms with van der Waals surface area (Å²) in [6.07, 6.45) is 9.67. The fraction of sp³-hybridized carbons (Fsp3) is 0.500. The van der Waals surface area contributed by atoms with Gasteiger partial charge in [-0.1, -0.05) is 18.2 Å². The zero-order chi connectivity index (χ0) is 33.3. The third kappa shape index (κ3) is 4.54. The van der Waals surface area contributed by atoms with Gasteiger partial charge in [0, 0.05) is 42.4 Å². The first-order chi connectivity index (χ1) is 23.2. The molecule has 6 aliphatic rings. The zero-order valence-electron chi connectivity index (χ0n) is 28.2. The predicted octanol–water partition coefficient (Wildman–Crippen LogP) is 7.30. The molecule has 248 valence electrons. The molecule has 0 amide bonds. The van der Waals surface area contributed by atoms with Gasteiger partial charge in [0.2, 0.25) is 0 Å². The van der Waals surface area contributed by atoms with Crippen LogP contribution < -0.4 is 0 Å². The number of benzene rings is 2. The molecule has 4 heterocycles. The average Bonchev–Trinajstić information content (AvgIpc) is 3.92. The van der Waals surface area contributed by atoms with Crippen LogP contribution in [0.2, 0.25) is 0 Å². The molecule has 1 saturated carbocycles. The smallest absolute Gasteiger partial charge is 0.268 e. The first-order valence-corrected chi connectivity index (χ1v) is 17.1. The molecule has 3 fully saturated rings. The molecule has 0 radical (unpaired) electrons. The van der Waals surface area contributed by atoms with Crippen LogP contribution in [0, 0.1) is 51.5 Å². The van der Waals surface area contributed by atoms with Crippen molar-refractivity contribution in [3.8, 4) is 6.07 Å². The van der Waals surface area contributed by atoms with E-state index in [1.54, 1.807) is 12.5 Å². The molecule has 48 heavy (non-hydrogen) atoms. The van der Waals surface area contributed by atoms with Crippen LogP contribution in [0.15, 0.2) is 59.1 Å². The van der Waals surface area contributed by atoms with Gasteiger partial charge in [-0.05, 0) is 91.6 Å². The van der Waals surface area contributed by atoms with E-state index in [0.717, 1.165) is 36.8 Å². The predicted molar refractivity (Wildman–Crippen MR) is 177 cm³/mol. The molecule has 2 saturated heterocycles. The van der Waals surface area contributed by atoms with Crippen molar-refractivity contribution in [2.24, 2.45) is 5.92 Å². The Morgan fingerprint density at radius 2 is 1.52 bits per heavy atom. The molecule has 9 rings (SSSR count). The van der Waals surface area contributed by atoms with Crippen LogP contribution >= 0.6 is 0 Å². The Kier molecular flexibility index (Phi) is 7.40. The zero-order valence-corrected chi connectivity index (χ0v) is 28.2. The largest absolute Gasteiger partial charge is 0.497 e. The highest BCUT2D eigenvalue weighted by atomic mass is 16.7. The SMILES string of the molecule is Cc1cc2c(cc1C)C(C#N)(CCC1(c3ccoc3)OCCO1)C2.[C-]#[N+]C12CCC3(OCCO3)C3=COC(Cc4cc(C)c(C)cc41)C32. The highest BCUT2D eigenvalue weighted by Crippen LogP contribution is 2.60. The lowest BCUT2D eigenvalue weighted by Gasteiger charge is -2.46. The summed E-state index contributed by atoms with van der Waals surface area (Å²) in [4.78, 5) is 4.23. The Bertz CT molecular complexity index is 1870. The number of ether oxygens (including phenoxy) is 5. The summed E-state index contributed by atoms with van der Waals surface area (Å²) >= 11 is 0. The number of aryl methyl sites for hydroxylation is 4. The van der Waals surface area contributed by atoms with E-state index in [1.165, 1.54) is 44.5 Å². The maximum absolute atomic E-state index is 9.88. The van der Waals surface area contributed by atoms with Gasteiger partial charge in [-0.15, -0.1) is 0 Å². The third-order valence-corrected chi connectivity index (χ3v) is 12.0. The molecular weight excluding hydrogens is 604 g/mol. The highest BCUT2D eigenvalue weighted by molar-refractivity contribution is 5.54. The van der Waals surface area contributed by atoms with Crippen molar-refractivity contribution >= 4 is 0 Å². The molecule has 8 nitrogen and oxygen atoms in total. The summed E-state index contributed by atoms with van der Waals surface area (Å²) in [5.41, 5.74) is 11.0. The Morgan fingerprint density at radius 1 is 0.854 bits per heavy atom. The molecule has 8 heteroatoms. The minimum Gasteiger partial charge on any atom is -0.497 e. The van der Waals surface area contributed by atoms with E-state index in [1.807, 2.05) is 12.3 Å². The van der Waals surface area contributed by atoms with Crippen molar-refractivity contribution in [1.29, 1.82) is 5.26 Å². The summed E-state index contributed by atoms with van der Waals surface area (Å²) in [6.45, 7) is 19.0. The quantitative estimate of drug-likeness (QED) is 0.275. The molecule has 1 spiro atoms. The van der Waals surface area contributed by atoms with Gasteiger partial charge in [-0.25, -0.2) is 6.57 Å². The Hall–Kier alpha value is -3.92. The van der Waals surface area contributed by atoms with Crippen LogP contribution in [0.5, 0.6) is 0 Å². The lowest BCUT2D eigenvalue weighted by molar-refractivity contribution is -0.173. The van der Waals surface area contributed by atoms with Crippen molar-refractivity contribution in [1.82, 2.24) is 0 Å². The maximum atomic E-state index is 9.88. The van der Waals surface area contributed by atoms with Gasteiger partial charge in [0.25, 0.3) is 5.54 Å². The second-order valence-corrected chi connectivity index (χ2v) is 14.4. The van der Waals surface area contributed by atoms with Gasteiger partial charge in [0.05, 0.1) is 56.7 Å². The molecule has 3 aromatic rings. The lowest BCUT2D eigenvalue weighted by atomic mass is 9.59. The van der Waals surface area contributed by atoms with Crippen LogP contribution in [0.3, 0.4) is 0 Å². The number of fused-ring (bicyclic) bond motifs is 4. The van der Waals surface area contributed by atoms with Crippen LogP contribution in [0.25, 0.3) is 4.85 Å². The first kappa shape index (κ1) is 31.4. The lowest BCUT2D eigenvalue weighted by Crippen LogP contribution is -2.54. The van der Waals surface area contributed by atoms with Crippen molar-refractivity contribution in [3.05, 3.63) is 116 Å². The second-order valence-electron chi connectivity index (χ2n) is 14.4. The molecule has 4 atom stereocenters. The number of nitrogens with zero attached hydrogens (tertiary/aromatic N) is 2. The van der Waals surface area contributed by atoms with Gasteiger partial charge in [-0.3, -0.25) is 0 Å². The van der Waals surface area contributed by atoms with Crippen molar-refractivity contribution in [2.75, 3.05) is 26.4 Å². The maximum Gasteiger partial charge on any atom is 0.268 e. The number of nitriles is 1. The van der Waals surface area contributed by atoms with E-state index in [0.29, 0.717) is 39.3 Å². The third-order valence-electron chi connectivity index (χ3n) is 12.0. The Morgan fingerprint density at radius 3 is 2.19 bits per heavy atom. The van der Waals surface area contributed by atoms with E-state index in [9.17, 15) is 5.26 Å². The topological polar surface area (TPSA) is 87.4 Å². The number of hydrogen-bond donors (Lipinski definition) is 0. The van der Waals surface area contributed by atoms with E-state index >= 15 is 0 Å². The summed E-state index contributed by atoms with van der Waals surface area (Å²) in [5, 5.41) is 9.88. The van der Waals surface area contributed by atoms with Crippen LogP contribution in [0.1, 0.15) is 75.8 Å². The fourth-order valence-corrected chi connectivity index (χ4v) is 9.07. The molecule has 0 N–H and O–H groups in total. The molecule has 3 aliphatic heterocycles. The molecule has 1 aromatic heterocycles. The molecule has 2 aromatic carbocycles. The van der Waals surface area contributed by atoms with Gasteiger partial charge in [-0.2, -0.15) is 5.26 Å². The number of furan rings is 1. The van der Waals surface area contributed by atoms with Gasteiger partial charge in [0.15, 0.2) is 11.6 Å². The summed E-state index contributed by atoms with van der Waals surface area (Å²) < 4.78 is 35.1. The van der Waals surface area contributed by atoms with Gasteiger partial charge >= 0.3 is 0 Å². The van der Waals surface area contributed by atoms with Crippen LogP contribution in [0.4, 0.5) is 0 Å². The summed E-state index contributed by atoms with van der Waals surface area (Å²) in [5.74, 6) is -1.38. The van der Waals surface area contributed by atoms with Crippen molar-refractivity contribution in [2.45, 2.75) is 94.9 Å². The molecular formula is C40H42N2O6. The van der Waals surface area contributed by atoms with Crippen molar-refractivity contribution < 1.29 is 28.1 Å². The Labute approximate surface area is 282 Å². The average molecular weight is 647 g/mol. The molecule has 4 unspecified atom stereocenters. The summed E-state index contributed by atoms with van der Waals surface area (Å²) in [7, 11) is 0. The first-order valence-electron chi connectivity index (χ1n) is 17.1. The minimum atomic E-state index is -0.771. The van der Waals surface area contributed by atoms with Gasteiger partial charge < -0.3 is 32.9 Å². The second kappa shape index (κ2) is 11.3. The fourth-order valence-electron chi connectivity index (χ4n) is 9.07. The molecule has 0 bridgehead atoms. The highest BCUT2D eigenvalue weighted by Gasteiger charge is 2.67. The van der Waals surface area contributed by atoms with E-state index in [-0.39, 0.29) is 12.0 Å². The van der Waals surface area contributed by atoms with Crippen LogP contribution in [-0.2, 0) is 53.3 Å². The Balaban J connectivity index is 0.000000140. The normalized spacial score (nSPS) is 29.6. The van der Waals surface area contributed by atoms with E-state index in [4.69, 9.17) is 34.7 Å². The number of hydrogen-bond acceptors (Lipinski definition) is 7. The summed E-state index contributed by atoms with van der Waals surface area (Å²) in [6, 6.07) is 13.3. The number of rotatable bonds is 4. The minimum absolute atomic E-state index is 0.0219. The van der Waals surface area contributed by atoms with E-state index in [2.05, 4.69) is 62.9 Å². The molecule has 3 aliphatic carbocycles. The van der Waals surface area contributed by atoms with Gasteiger partial charge in [0.1, 0.15) is 12.0 Å². The van der Waals surface area contributed by atoms with Crippen LogP contribution in [-0.4, -0.2) is 38.3 Å². The van der Waals surface area contributed by atoms with Crippen molar-refractivity contribution in [3.63, 3.8) is 0 Å².